The molecule has 0 fully saturated rings. The molecule has 6 nitrogen and oxygen atoms in total. The summed E-state index contributed by atoms with van der Waals surface area (Å²) in [4.78, 5) is 24.0. The third-order valence-corrected chi connectivity index (χ3v) is 4.66. The summed E-state index contributed by atoms with van der Waals surface area (Å²) in [6, 6.07) is 5.05. The third-order valence-electron chi connectivity index (χ3n) is 4.66. The summed E-state index contributed by atoms with van der Waals surface area (Å²) in [6.45, 7) is 7.68. The Labute approximate surface area is 178 Å². The summed E-state index contributed by atoms with van der Waals surface area (Å²) in [5.74, 6) is 0.0794. The van der Waals surface area contributed by atoms with Gasteiger partial charge in [0.15, 0.2) is 17.1 Å². The quantitative estimate of drug-likeness (QED) is 0.171. The first-order valence-corrected chi connectivity index (χ1v) is 11.0. The summed E-state index contributed by atoms with van der Waals surface area (Å²) < 4.78 is 22.3. The minimum Gasteiger partial charge on any atom is -0.486 e. The fourth-order valence-corrected chi connectivity index (χ4v) is 3.28. The lowest BCUT2D eigenvalue weighted by atomic mass is 10.1. The topological polar surface area (TPSA) is 75.0 Å². The van der Waals surface area contributed by atoms with Gasteiger partial charge < -0.3 is 18.6 Å². The molecule has 2 aromatic rings. The molecule has 0 spiro atoms. The Hall–Kier alpha value is -2.50. The number of fused-ring (bicyclic) bond motifs is 1. The second-order valence-electron chi connectivity index (χ2n) is 7.76. The van der Waals surface area contributed by atoms with Gasteiger partial charge in [-0.25, -0.2) is 4.79 Å². The van der Waals surface area contributed by atoms with Gasteiger partial charge in [0.2, 0.25) is 5.75 Å². The van der Waals surface area contributed by atoms with Crippen molar-refractivity contribution in [3.63, 3.8) is 0 Å². The number of unbranched alkanes of at least 4 members (excludes halogenated alkanes) is 7. The van der Waals surface area contributed by atoms with Crippen LogP contribution in [0.5, 0.6) is 17.2 Å². The Bertz CT molecular complexity index is 868. The molecule has 6 heteroatoms. The first kappa shape index (κ1) is 23.8. The maximum Gasteiger partial charge on any atom is 0.383 e. The zero-order chi connectivity index (χ0) is 21.9. The second-order valence-corrected chi connectivity index (χ2v) is 7.76. The largest absolute Gasteiger partial charge is 0.486 e. The van der Waals surface area contributed by atoms with E-state index in [1.807, 2.05) is 13.8 Å². The van der Waals surface area contributed by atoms with Crippen molar-refractivity contribution in [2.75, 3.05) is 6.61 Å². The number of para-hydroxylation sites is 1. The van der Waals surface area contributed by atoms with Crippen LogP contribution in [0.2, 0.25) is 0 Å². The molecule has 1 aromatic carbocycles. The van der Waals surface area contributed by atoms with E-state index in [0.29, 0.717) is 17.7 Å². The maximum absolute atomic E-state index is 12.6. The van der Waals surface area contributed by atoms with Crippen LogP contribution in [0.25, 0.3) is 11.0 Å². The third kappa shape index (κ3) is 7.08. The monoisotopic (exact) mass is 418 g/mol. The lowest BCUT2D eigenvalue weighted by molar-refractivity contribution is -0.131. The Morgan fingerprint density at radius 2 is 1.67 bits per heavy atom. The average molecular weight is 419 g/mol. The number of esters is 1. The molecule has 0 aliphatic rings. The number of hydrogen-bond acceptors (Lipinski definition) is 6. The second kappa shape index (κ2) is 12.3. The van der Waals surface area contributed by atoms with Gasteiger partial charge >= 0.3 is 11.6 Å². The van der Waals surface area contributed by atoms with Crippen molar-refractivity contribution in [3.8, 4) is 17.2 Å². The van der Waals surface area contributed by atoms with E-state index < -0.39 is 11.6 Å². The lowest BCUT2D eigenvalue weighted by Gasteiger charge is -2.16. The highest BCUT2D eigenvalue weighted by Crippen LogP contribution is 2.37. The van der Waals surface area contributed by atoms with Gasteiger partial charge in [0.1, 0.15) is 0 Å². The van der Waals surface area contributed by atoms with Gasteiger partial charge in [0, 0.05) is 6.92 Å². The van der Waals surface area contributed by atoms with E-state index in [4.69, 9.17) is 18.6 Å². The number of ether oxygens (including phenoxy) is 3. The zero-order valence-electron chi connectivity index (χ0n) is 18.6. The molecule has 0 radical (unpaired) electrons. The first-order valence-electron chi connectivity index (χ1n) is 11.0. The standard InChI is InChI=1S/C24H34O6/c1-5-6-7-8-9-10-11-12-16-27-23-22(28-17(2)3)19-14-13-15-20(29-18(4)25)21(19)30-24(23)26/h13-15,17H,5-12,16H2,1-4H3. The first-order chi connectivity index (χ1) is 14.4. The zero-order valence-corrected chi connectivity index (χ0v) is 18.6. The number of carbonyl (C=O) groups excluding carboxylic acids is 1. The van der Waals surface area contributed by atoms with Crippen LogP contribution in [-0.2, 0) is 4.79 Å². The van der Waals surface area contributed by atoms with Crippen LogP contribution >= 0.6 is 0 Å². The van der Waals surface area contributed by atoms with Gasteiger partial charge in [-0.15, -0.1) is 0 Å². The minimum atomic E-state index is -0.641. The molecule has 1 aromatic heterocycles. The molecule has 1 heterocycles. The van der Waals surface area contributed by atoms with E-state index in [-0.39, 0.29) is 23.2 Å². The molecule has 30 heavy (non-hydrogen) atoms. The number of rotatable bonds is 13. The molecule has 0 aliphatic heterocycles. The molecule has 0 saturated carbocycles. The SMILES string of the molecule is CCCCCCCCCCOc1c(OC(C)C)c2cccc(OC(C)=O)c2oc1=O. The summed E-state index contributed by atoms with van der Waals surface area (Å²) >= 11 is 0. The smallest absolute Gasteiger partial charge is 0.383 e. The molecular formula is C24H34O6. The molecule has 0 atom stereocenters. The number of benzene rings is 1. The van der Waals surface area contributed by atoms with Crippen LogP contribution in [0.4, 0.5) is 0 Å². The summed E-state index contributed by atoms with van der Waals surface area (Å²) in [6.07, 6.45) is 9.29. The van der Waals surface area contributed by atoms with Gasteiger partial charge in [-0.2, -0.15) is 0 Å². The predicted molar refractivity (Wildman–Crippen MR) is 118 cm³/mol. The Morgan fingerprint density at radius 1 is 1.00 bits per heavy atom. The van der Waals surface area contributed by atoms with E-state index in [1.54, 1.807) is 18.2 Å². The molecule has 166 valence electrons. The van der Waals surface area contributed by atoms with Crippen molar-refractivity contribution in [3.05, 3.63) is 28.6 Å². The minimum absolute atomic E-state index is 0.0686. The predicted octanol–water partition coefficient (Wildman–Crippen LogP) is 6.03. The van der Waals surface area contributed by atoms with Crippen LogP contribution in [0, 0.1) is 0 Å². The molecule has 0 amide bonds. The van der Waals surface area contributed by atoms with Gasteiger partial charge in [0.25, 0.3) is 0 Å². The summed E-state index contributed by atoms with van der Waals surface area (Å²) in [5, 5.41) is 0.535. The van der Waals surface area contributed by atoms with Crippen molar-refractivity contribution in [2.45, 2.75) is 85.2 Å². The van der Waals surface area contributed by atoms with Crippen molar-refractivity contribution in [2.24, 2.45) is 0 Å². The van der Waals surface area contributed by atoms with E-state index >= 15 is 0 Å². The summed E-state index contributed by atoms with van der Waals surface area (Å²) in [5.41, 5.74) is -0.468. The van der Waals surface area contributed by atoms with Crippen molar-refractivity contribution < 1.29 is 23.4 Å². The van der Waals surface area contributed by atoms with Gasteiger partial charge in [-0.1, -0.05) is 57.9 Å². The normalized spacial score (nSPS) is 11.1. The van der Waals surface area contributed by atoms with Crippen LogP contribution < -0.4 is 19.8 Å². The Morgan fingerprint density at radius 3 is 2.30 bits per heavy atom. The fraction of sp³-hybridized carbons (Fsp3) is 0.583. The molecule has 0 bridgehead atoms. The Balaban J connectivity index is 2.12. The van der Waals surface area contributed by atoms with Crippen LogP contribution in [-0.4, -0.2) is 18.7 Å². The maximum atomic E-state index is 12.6. The highest BCUT2D eigenvalue weighted by molar-refractivity contribution is 5.91. The molecular weight excluding hydrogens is 384 g/mol. The summed E-state index contributed by atoms with van der Waals surface area (Å²) in [7, 11) is 0. The van der Waals surface area contributed by atoms with E-state index in [1.165, 1.54) is 45.4 Å². The van der Waals surface area contributed by atoms with Gasteiger partial charge in [0.05, 0.1) is 18.1 Å². The van der Waals surface area contributed by atoms with Crippen molar-refractivity contribution >= 4 is 16.9 Å². The van der Waals surface area contributed by atoms with Crippen LogP contribution in [0.3, 0.4) is 0 Å². The van der Waals surface area contributed by atoms with Crippen LogP contribution in [0.15, 0.2) is 27.4 Å². The van der Waals surface area contributed by atoms with Crippen molar-refractivity contribution in [1.82, 2.24) is 0 Å². The van der Waals surface area contributed by atoms with E-state index in [9.17, 15) is 9.59 Å². The molecule has 0 unspecified atom stereocenters. The molecule has 2 rings (SSSR count). The Kier molecular flexibility index (Phi) is 9.71. The number of hydrogen-bond donors (Lipinski definition) is 0. The van der Waals surface area contributed by atoms with E-state index in [2.05, 4.69) is 6.92 Å². The fourth-order valence-electron chi connectivity index (χ4n) is 3.28. The van der Waals surface area contributed by atoms with Gasteiger partial charge in [-0.3, -0.25) is 4.79 Å². The van der Waals surface area contributed by atoms with E-state index in [0.717, 1.165) is 12.8 Å². The average Bonchev–Trinajstić information content (AvgIpc) is 2.68. The highest BCUT2D eigenvalue weighted by atomic mass is 16.6. The van der Waals surface area contributed by atoms with Gasteiger partial charge in [-0.05, 0) is 32.4 Å². The number of carbonyl (C=O) groups is 1. The molecule has 0 N–H and O–H groups in total. The van der Waals surface area contributed by atoms with Crippen molar-refractivity contribution in [1.29, 1.82) is 0 Å². The molecule has 0 aliphatic carbocycles. The highest BCUT2D eigenvalue weighted by Gasteiger charge is 2.21. The lowest BCUT2D eigenvalue weighted by Crippen LogP contribution is -2.14. The van der Waals surface area contributed by atoms with Crippen LogP contribution in [0.1, 0.15) is 79.1 Å². The molecule has 0 saturated heterocycles.